The number of oxime groups is 1. The van der Waals surface area contributed by atoms with E-state index in [-0.39, 0.29) is 18.0 Å². The lowest BCUT2D eigenvalue weighted by Crippen LogP contribution is -2.34. The number of nitrogens with one attached hydrogen (secondary N) is 1. The minimum absolute atomic E-state index is 0.0158. The van der Waals surface area contributed by atoms with Crippen LogP contribution in [0.4, 0.5) is 0 Å². The Morgan fingerprint density at radius 3 is 3.00 bits per heavy atom. The second-order valence-electron chi connectivity index (χ2n) is 3.74. The first-order valence-corrected chi connectivity index (χ1v) is 6.09. The quantitative estimate of drug-likeness (QED) is 0.818. The zero-order valence-corrected chi connectivity index (χ0v) is 10.4. The zero-order valence-electron chi connectivity index (χ0n) is 9.54. The highest BCUT2D eigenvalue weighted by molar-refractivity contribution is 7.09. The van der Waals surface area contributed by atoms with Crippen LogP contribution in [0.5, 0.6) is 0 Å². The topological polar surface area (TPSA) is 101 Å². The summed E-state index contributed by atoms with van der Waals surface area (Å²) in [4.78, 5) is 31.2. The van der Waals surface area contributed by atoms with Crippen molar-refractivity contribution in [3.05, 3.63) is 16.1 Å². The molecule has 0 aliphatic carbocycles. The van der Waals surface area contributed by atoms with E-state index in [9.17, 15) is 9.59 Å². The highest BCUT2D eigenvalue weighted by atomic mass is 32.1. The Kier molecular flexibility index (Phi) is 3.56. The fourth-order valence-corrected chi connectivity index (χ4v) is 2.12. The smallest absolute Gasteiger partial charge is 0.353 e. The molecule has 0 saturated heterocycles. The Labute approximate surface area is 106 Å². The molecule has 8 heteroatoms. The largest absolute Gasteiger partial charge is 0.477 e. The number of rotatable bonds is 4. The van der Waals surface area contributed by atoms with E-state index in [4.69, 9.17) is 9.94 Å². The molecule has 1 aromatic heterocycles. The SMILES string of the molecule is Cc1csc(CNC(=O)C2CC(C(=O)O)=NO2)n1. The van der Waals surface area contributed by atoms with Crippen molar-refractivity contribution in [2.45, 2.75) is 26.0 Å². The van der Waals surface area contributed by atoms with Crippen molar-refractivity contribution in [3.8, 4) is 0 Å². The van der Waals surface area contributed by atoms with Crippen LogP contribution in [0.3, 0.4) is 0 Å². The van der Waals surface area contributed by atoms with E-state index in [1.165, 1.54) is 11.3 Å². The molecule has 1 unspecified atom stereocenters. The predicted molar refractivity (Wildman–Crippen MR) is 63.3 cm³/mol. The number of carbonyl (C=O) groups is 2. The average Bonchev–Trinajstić information content (AvgIpc) is 2.94. The minimum atomic E-state index is -1.17. The van der Waals surface area contributed by atoms with Gasteiger partial charge < -0.3 is 15.3 Å². The van der Waals surface area contributed by atoms with Crippen LogP contribution >= 0.6 is 11.3 Å². The molecule has 1 aliphatic rings. The van der Waals surface area contributed by atoms with Gasteiger partial charge in [-0.3, -0.25) is 4.79 Å². The molecule has 2 heterocycles. The number of thiazole rings is 1. The molecule has 2 rings (SSSR count). The fraction of sp³-hybridized carbons (Fsp3) is 0.400. The highest BCUT2D eigenvalue weighted by Crippen LogP contribution is 2.12. The van der Waals surface area contributed by atoms with Crippen LogP contribution in [-0.2, 0) is 21.0 Å². The third kappa shape index (κ3) is 2.83. The van der Waals surface area contributed by atoms with Crippen molar-refractivity contribution in [2.75, 3.05) is 0 Å². The maximum atomic E-state index is 11.7. The van der Waals surface area contributed by atoms with Gasteiger partial charge in [-0.2, -0.15) is 0 Å². The molecule has 0 saturated carbocycles. The second kappa shape index (κ2) is 5.13. The van der Waals surface area contributed by atoms with E-state index in [1.807, 2.05) is 12.3 Å². The van der Waals surface area contributed by atoms with Gasteiger partial charge >= 0.3 is 5.97 Å². The van der Waals surface area contributed by atoms with E-state index in [0.717, 1.165) is 10.7 Å². The Morgan fingerprint density at radius 1 is 1.67 bits per heavy atom. The van der Waals surface area contributed by atoms with E-state index in [0.29, 0.717) is 6.54 Å². The maximum absolute atomic E-state index is 11.7. The number of aliphatic carboxylic acids is 1. The summed E-state index contributed by atoms with van der Waals surface area (Å²) in [6.07, 6.45) is -0.880. The predicted octanol–water partition coefficient (Wildman–Crippen LogP) is 0.297. The fourth-order valence-electron chi connectivity index (χ4n) is 1.40. The summed E-state index contributed by atoms with van der Waals surface area (Å²) in [6, 6.07) is 0. The Bertz CT molecular complexity index is 511. The zero-order chi connectivity index (χ0) is 13.1. The monoisotopic (exact) mass is 269 g/mol. The molecule has 0 fully saturated rings. The van der Waals surface area contributed by atoms with Crippen molar-refractivity contribution < 1.29 is 19.5 Å². The molecule has 1 aliphatic heterocycles. The standard InChI is InChI=1S/C10H11N3O4S/c1-5-4-18-8(12-5)3-11-9(14)7-2-6(10(15)16)13-17-7/h4,7H,2-3H2,1H3,(H,11,14)(H,15,16). The van der Waals surface area contributed by atoms with Gasteiger partial charge in [0.2, 0.25) is 6.10 Å². The van der Waals surface area contributed by atoms with Gasteiger partial charge in [-0.05, 0) is 6.92 Å². The van der Waals surface area contributed by atoms with Crippen molar-refractivity contribution in [3.63, 3.8) is 0 Å². The molecule has 1 aromatic rings. The number of carbonyl (C=O) groups excluding carboxylic acids is 1. The molecular weight excluding hydrogens is 258 g/mol. The first-order chi connectivity index (χ1) is 8.56. The van der Waals surface area contributed by atoms with Gasteiger partial charge in [0.1, 0.15) is 5.01 Å². The Morgan fingerprint density at radius 2 is 2.44 bits per heavy atom. The highest BCUT2D eigenvalue weighted by Gasteiger charge is 2.31. The summed E-state index contributed by atoms with van der Waals surface area (Å²) in [5, 5.41) is 17.3. The van der Waals surface area contributed by atoms with Crippen LogP contribution in [-0.4, -0.2) is 33.8 Å². The van der Waals surface area contributed by atoms with Gasteiger partial charge in [0.05, 0.1) is 6.54 Å². The van der Waals surface area contributed by atoms with Crippen molar-refractivity contribution in [1.29, 1.82) is 0 Å². The number of hydrogen-bond donors (Lipinski definition) is 2. The average molecular weight is 269 g/mol. The van der Waals surface area contributed by atoms with Gasteiger partial charge in [0.25, 0.3) is 5.91 Å². The van der Waals surface area contributed by atoms with Crippen LogP contribution in [0.2, 0.25) is 0 Å². The molecular formula is C10H11N3O4S. The van der Waals surface area contributed by atoms with E-state index in [1.54, 1.807) is 0 Å². The Balaban J connectivity index is 1.82. The molecule has 18 heavy (non-hydrogen) atoms. The summed E-state index contributed by atoms with van der Waals surface area (Å²) < 4.78 is 0. The van der Waals surface area contributed by atoms with Crippen LogP contribution in [0.1, 0.15) is 17.1 Å². The third-order valence-corrected chi connectivity index (χ3v) is 3.26. The molecule has 0 radical (unpaired) electrons. The lowest BCUT2D eigenvalue weighted by atomic mass is 10.2. The molecule has 0 bridgehead atoms. The lowest BCUT2D eigenvalue weighted by Gasteiger charge is -2.07. The van der Waals surface area contributed by atoms with Gasteiger partial charge in [0.15, 0.2) is 5.71 Å². The lowest BCUT2D eigenvalue weighted by molar-refractivity contribution is -0.131. The van der Waals surface area contributed by atoms with Crippen molar-refractivity contribution in [1.82, 2.24) is 10.3 Å². The molecule has 0 aromatic carbocycles. The van der Waals surface area contributed by atoms with E-state index < -0.39 is 12.1 Å². The molecule has 7 nitrogen and oxygen atoms in total. The summed E-state index contributed by atoms with van der Waals surface area (Å²) >= 11 is 1.45. The number of amides is 1. The van der Waals surface area contributed by atoms with Gasteiger partial charge in [-0.25, -0.2) is 9.78 Å². The molecule has 1 atom stereocenters. The first-order valence-electron chi connectivity index (χ1n) is 5.21. The number of carboxylic acids is 1. The molecule has 2 N–H and O–H groups in total. The third-order valence-electron chi connectivity index (χ3n) is 2.29. The van der Waals surface area contributed by atoms with Crippen LogP contribution in [0.25, 0.3) is 0 Å². The summed E-state index contributed by atoms with van der Waals surface area (Å²) in [5.74, 6) is -1.55. The summed E-state index contributed by atoms with van der Waals surface area (Å²) in [7, 11) is 0. The number of aryl methyl sites for hydroxylation is 1. The first kappa shape index (κ1) is 12.5. The van der Waals surface area contributed by atoms with Gasteiger partial charge in [0, 0.05) is 17.5 Å². The van der Waals surface area contributed by atoms with Gasteiger partial charge in [-0.15, -0.1) is 11.3 Å². The number of hydrogen-bond acceptors (Lipinski definition) is 6. The minimum Gasteiger partial charge on any atom is -0.477 e. The number of carboxylic acid groups (broad SMARTS) is 1. The Hall–Kier alpha value is -1.96. The van der Waals surface area contributed by atoms with Crippen LogP contribution < -0.4 is 5.32 Å². The van der Waals surface area contributed by atoms with Crippen LogP contribution in [0, 0.1) is 6.92 Å². The van der Waals surface area contributed by atoms with Gasteiger partial charge in [-0.1, -0.05) is 5.16 Å². The van der Waals surface area contributed by atoms with Crippen molar-refractivity contribution in [2.24, 2.45) is 5.16 Å². The number of aromatic nitrogens is 1. The summed E-state index contributed by atoms with van der Waals surface area (Å²) in [5.41, 5.74) is 0.762. The molecule has 0 spiro atoms. The molecule has 96 valence electrons. The van der Waals surface area contributed by atoms with E-state index >= 15 is 0 Å². The number of nitrogens with zero attached hydrogens (tertiary/aromatic N) is 2. The second-order valence-corrected chi connectivity index (χ2v) is 4.68. The van der Waals surface area contributed by atoms with Crippen molar-refractivity contribution >= 4 is 28.9 Å². The maximum Gasteiger partial charge on any atom is 0.353 e. The molecule has 1 amide bonds. The normalized spacial score (nSPS) is 18.1. The van der Waals surface area contributed by atoms with E-state index in [2.05, 4.69) is 15.5 Å². The van der Waals surface area contributed by atoms with Crippen LogP contribution in [0.15, 0.2) is 10.5 Å². The summed E-state index contributed by atoms with van der Waals surface area (Å²) in [6.45, 7) is 2.18.